The van der Waals surface area contributed by atoms with Gasteiger partial charge in [-0.1, -0.05) is 0 Å². The van der Waals surface area contributed by atoms with Crippen molar-refractivity contribution in [3.8, 4) is 0 Å². The summed E-state index contributed by atoms with van der Waals surface area (Å²) in [5, 5.41) is 3.22. The highest BCUT2D eigenvalue weighted by Gasteiger charge is 2.09. The Kier molecular flexibility index (Phi) is 4.31. The molecule has 1 aromatic heterocycles. The molecule has 0 amide bonds. The van der Waals surface area contributed by atoms with E-state index in [1.165, 1.54) is 11.1 Å². The molecule has 0 spiro atoms. The summed E-state index contributed by atoms with van der Waals surface area (Å²) in [7, 11) is 0. The first-order valence-corrected chi connectivity index (χ1v) is 3.30. The zero-order valence-corrected chi connectivity index (χ0v) is 8.04. The molecule has 1 aliphatic rings. The molecule has 12 heavy (non-hydrogen) atoms. The number of rotatable bonds is 0. The van der Waals surface area contributed by atoms with E-state index in [4.69, 9.17) is 5.73 Å². The van der Waals surface area contributed by atoms with E-state index in [0.717, 1.165) is 13.1 Å². The third-order valence-electron chi connectivity index (χ3n) is 1.73. The molecule has 0 atom stereocenters. The number of anilines is 1. The number of nitrogens with zero attached hydrogens (tertiary/aromatic N) is 1. The van der Waals surface area contributed by atoms with Gasteiger partial charge in [0.05, 0.1) is 0 Å². The van der Waals surface area contributed by atoms with E-state index in [0.29, 0.717) is 5.82 Å². The van der Waals surface area contributed by atoms with Crippen LogP contribution in [0.2, 0.25) is 0 Å². The summed E-state index contributed by atoms with van der Waals surface area (Å²) in [6.45, 7) is 1.87. The Balaban J connectivity index is 0.000000605. The van der Waals surface area contributed by atoms with Crippen molar-refractivity contribution in [2.75, 3.05) is 5.73 Å². The number of halogens is 2. The van der Waals surface area contributed by atoms with Gasteiger partial charge in [-0.2, -0.15) is 0 Å². The van der Waals surface area contributed by atoms with Gasteiger partial charge in [-0.15, -0.1) is 24.8 Å². The van der Waals surface area contributed by atoms with Crippen LogP contribution in [0.5, 0.6) is 0 Å². The molecule has 2 heterocycles. The van der Waals surface area contributed by atoms with Crippen molar-refractivity contribution >= 4 is 30.6 Å². The van der Waals surface area contributed by atoms with Crippen LogP contribution >= 0.6 is 24.8 Å². The topological polar surface area (TPSA) is 50.9 Å². The lowest BCUT2D eigenvalue weighted by atomic mass is 10.2. The van der Waals surface area contributed by atoms with Gasteiger partial charge in [-0.25, -0.2) is 4.98 Å². The average molecular weight is 208 g/mol. The molecule has 0 aromatic carbocycles. The van der Waals surface area contributed by atoms with E-state index < -0.39 is 0 Å². The number of fused-ring (bicyclic) bond motifs is 1. The quantitative estimate of drug-likeness (QED) is 0.671. The molecule has 2 rings (SSSR count). The van der Waals surface area contributed by atoms with Crippen molar-refractivity contribution in [3.05, 3.63) is 23.4 Å². The van der Waals surface area contributed by atoms with Crippen LogP contribution in [0.3, 0.4) is 0 Å². The van der Waals surface area contributed by atoms with Gasteiger partial charge in [0.15, 0.2) is 0 Å². The fourth-order valence-electron chi connectivity index (χ4n) is 1.20. The van der Waals surface area contributed by atoms with Gasteiger partial charge in [-0.3, -0.25) is 0 Å². The molecule has 1 aromatic rings. The summed E-state index contributed by atoms with van der Waals surface area (Å²) >= 11 is 0. The highest BCUT2D eigenvalue weighted by molar-refractivity contribution is 5.85. The predicted octanol–water partition coefficient (Wildman–Crippen LogP) is 1.11. The standard InChI is InChI=1S/C7H9N3.2ClH/c8-7-1-5-2-9-3-6(5)4-10-7;;/h1,4,9H,2-3H2,(H2,8,10);2*1H. The van der Waals surface area contributed by atoms with Crippen molar-refractivity contribution in [3.63, 3.8) is 0 Å². The largest absolute Gasteiger partial charge is 0.384 e. The number of aromatic nitrogens is 1. The Morgan fingerprint density at radius 3 is 2.67 bits per heavy atom. The Hall–Kier alpha value is -0.510. The SMILES string of the molecule is Cl.Cl.Nc1cc2c(cn1)CNC2. The molecular formula is C7H11Cl2N3. The third kappa shape index (κ3) is 2.00. The van der Waals surface area contributed by atoms with E-state index >= 15 is 0 Å². The fourth-order valence-corrected chi connectivity index (χ4v) is 1.20. The maximum atomic E-state index is 5.49. The maximum Gasteiger partial charge on any atom is 0.123 e. The van der Waals surface area contributed by atoms with Crippen LogP contribution in [0.4, 0.5) is 5.82 Å². The minimum Gasteiger partial charge on any atom is -0.384 e. The highest BCUT2D eigenvalue weighted by Crippen LogP contribution is 2.15. The molecule has 0 saturated carbocycles. The van der Waals surface area contributed by atoms with Gasteiger partial charge in [-0.05, 0) is 17.2 Å². The fraction of sp³-hybridized carbons (Fsp3) is 0.286. The summed E-state index contributed by atoms with van der Waals surface area (Å²) in [6.07, 6.45) is 1.84. The minimum atomic E-state index is 0. The number of nitrogens with two attached hydrogens (primary N) is 1. The third-order valence-corrected chi connectivity index (χ3v) is 1.73. The first-order chi connectivity index (χ1) is 4.86. The van der Waals surface area contributed by atoms with Crippen molar-refractivity contribution in [1.82, 2.24) is 10.3 Å². The molecule has 0 radical (unpaired) electrons. The van der Waals surface area contributed by atoms with Gasteiger partial charge in [0.2, 0.25) is 0 Å². The molecular weight excluding hydrogens is 197 g/mol. The minimum absolute atomic E-state index is 0. The van der Waals surface area contributed by atoms with Crippen LogP contribution in [0, 0.1) is 0 Å². The van der Waals surface area contributed by atoms with Crippen LogP contribution in [-0.4, -0.2) is 4.98 Å². The second-order valence-corrected chi connectivity index (χ2v) is 2.48. The number of nitrogen functional groups attached to an aromatic ring is 1. The van der Waals surface area contributed by atoms with Crippen LogP contribution in [-0.2, 0) is 13.1 Å². The van der Waals surface area contributed by atoms with Gasteiger partial charge in [0, 0.05) is 19.3 Å². The van der Waals surface area contributed by atoms with Crippen molar-refractivity contribution in [1.29, 1.82) is 0 Å². The van der Waals surface area contributed by atoms with Gasteiger partial charge in [0.25, 0.3) is 0 Å². The van der Waals surface area contributed by atoms with Crippen molar-refractivity contribution in [2.45, 2.75) is 13.1 Å². The Labute approximate surface area is 83.6 Å². The molecule has 0 unspecified atom stereocenters. The summed E-state index contributed by atoms with van der Waals surface area (Å²) < 4.78 is 0. The lowest BCUT2D eigenvalue weighted by Gasteiger charge is -1.96. The molecule has 3 nitrogen and oxygen atoms in total. The van der Waals surface area contributed by atoms with Crippen molar-refractivity contribution in [2.24, 2.45) is 0 Å². The van der Waals surface area contributed by atoms with E-state index in [-0.39, 0.29) is 24.8 Å². The first kappa shape index (κ1) is 11.5. The van der Waals surface area contributed by atoms with Crippen LogP contribution in [0.1, 0.15) is 11.1 Å². The number of hydrogen-bond donors (Lipinski definition) is 2. The highest BCUT2D eigenvalue weighted by atomic mass is 35.5. The first-order valence-electron chi connectivity index (χ1n) is 3.30. The Morgan fingerprint density at radius 1 is 1.25 bits per heavy atom. The molecule has 68 valence electrons. The van der Waals surface area contributed by atoms with Gasteiger partial charge in [0.1, 0.15) is 5.82 Å². The predicted molar refractivity (Wildman–Crippen MR) is 53.7 cm³/mol. The van der Waals surface area contributed by atoms with Crippen LogP contribution in [0.15, 0.2) is 12.3 Å². The number of pyridine rings is 1. The zero-order valence-electron chi connectivity index (χ0n) is 6.41. The molecule has 0 aliphatic carbocycles. The molecule has 5 heteroatoms. The maximum absolute atomic E-state index is 5.49. The number of nitrogens with one attached hydrogen (secondary N) is 1. The van der Waals surface area contributed by atoms with Crippen LogP contribution < -0.4 is 11.1 Å². The lowest BCUT2D eigenvalue weighted by Crippen LogP contribution is -1.99. The Morgan fingerprint density at radius 2 is 1.92 bits per heavy atom. The van der Waals surface area contributed by atoms with Gasteiger partial charge >= 0.3 is 0 Å². The smallest absolute Gasteiger partial charge is 0.123 e. The zero-order chi connectivity index (χ0) is 6.97. The van der Waals surface area contributed by atoms with E-state index in [2.05, 4.69) is 10.3 Å². The molecule has 0 saturated heterocycles. The molecule has 0 bridgehead atoms. The normalized spacial score (nSPS) is 12.7. The number of hydrogen-bond acceptors (Lipinski definition) is 3. The van der Waals surface area contributed by atoms with E-state index in [1.807, 2.05) is 12.3 Å². The molecule has 0 fully saturated rings. The second-order valence-electron chi connectivity index (χ2n) is 2.48. The molecule has 3 N–H and O–H groups in total. The lowest BCUT2D eigenvalue weighted by molar-refractivity contribution is 0.764. The van der Waals surface area contributed by atoms with Gasteiger partial charge < -0.3 is 11.1 Å². The summed E-state index contributed by atoms with van der Waals surface area (Å²) in [5.41, 5.74) is 8.05. The summed E-state index contributed by atoms with van der Waals surface area (Å²) in [5.74, 6) is 0.613. The van der Waals surface area contributed by atoms with E-state index in [9.17, 15) is 0 Å². The second kappa shape index (κ2) is 4.50. The average Bonchev–Trinajstić information content (AvgIpc) is 2.33. The summed E-state index contributed by atoms with van der Waals surface area (Å²) in [4.78, 5) is 3.99. The Bertz CT molecular complexity index is 265. The van der Waals surface area contributed by atoms with Crippen LogP contribution in [0.25, 0.3) is 0 Å². The molecule has 1 aliphatic heterocycles. The summed E-state index contributed by atoms with van der Waals surface area (Å²) in [6, 6.07) is 1.93. The van der Waals surface area contributed by atoms with E-state index in [1.54, 1.807) is 0 Å². The van der Waals surface area contributed by atoms with Crippen molar-refractivity contribution < 1.29 is 0 Å². The monoisotopic (exact) mass is 207 g/mol.